The predicted octanol–water partition coefficient (Wildman–Crippen LogP) is 2.92. The zero-order valence-electron chi connectivity index (χ0n) is 14.7. The molecule has 2 unspecified atom stereocenters. The summed E-state index contributed by atoms with van der Waals surface area (Å²) < 4.78 is 5.92. The lowest BCUT2D eigenvalue weighted by Gasteiger charge is -2.26. The molecule has 1 aliphatic rings. The van der Waals surface area contributed by atoms with Gasteiger partial charge in [-0.05, 0) is 28.7 Å². The number of hydrogen-bond donors (Lipinski definition) is 2. The second-order valence-electron chi connectivity index (χ2n) is 6.48. The van der Waals surface area contributed by atoms with Gasteiger partial charge in [-0.15, -0.1) is 0 Å². The van der Waals surface area contributed by atoms with E-state index in [1.54, 1.807) is 0 Å². The monoisotopic (exact) mass is 338 g/mol. The first kappa shape index (κ1) is 17.8. The summed E-state index contributed by atoms with van der Waals surface area (Å²) in [6.45, 7) is 4.35. The highest BCUT2D eigenvalue weighted by Gasteiger charge is 2.19. The fourth-order valence-corrected chi connectivity index (χ4v) is 3.24. The first-order valence-electron chi connectivity index (χ1n) is 8.96. The quantitative estimate of drug-likeness (QED) is 0.850. The number of ketones is 1. The Bertz CT molecular complexity index is 706. The van der Waals surface area contributed by atoms with Crippen LogP contribution in [-0.2, 0) is 16.0 Å². The lowest BCUT2D eigenvalue weighted by atomic mass is 9.94. The van der Waals surface area contributed by atoms with E-state index in [2.05, 4.69) is 41.7 Å². The highest BCUT2D eigenvalue weighted by molar-refractivity contribution is 5.84. The maximum Gasteiger partial charge on any atom is 0.153 e. The van der Waals surface area contributed by atoms with E-state index in [9.17, 15) is 4.79 Å². The van der Waals surface area contributed by atoms with Gasteiger partial charge in [0.2, 0.25) is 0 Å². The second kappa shape index (κ2) is 8.39. The molecule has 1 fully saturated rings. The Kier molecular flexibility index (Phi) is 5.97. The molecule has 2 aromatic carbocycles. The Morgan fingerprint density at radius 2 is 2.00 bits per heavy atom. The molecule has 1 saturated heterocycles. The molecular formula is C21H26N2O2. The smallest absolute Gasteiger partial charge is 0.153 e. The molecule has 0 saturated carbocycles. The molecule has 3 rings (SSSR count). The molecule has 1 aliphatic heterocycles. The third kappa shape index (κ3) is 4.34. The molecule has 25 heavy (non-hydrogen) atoms. The fourth-order valence-electron chi connectivity index (χ4n) is 3.24. The molecule has 1 heterocycles. The van der Waals surface area contributed by atoms with E-state index in [1.807, 2.05) is 19.1 Å². The van der Waals surface area contributed by atoms with Crippen molar-refractivity contribution in [3.63, 3.8) is 0 Å². The summed E-state index contributed by atoms with van der Waals surface area (Å²) in [6, 6.07) is 16.0. The minimum atomic E-state index is -0.520. The molecule has 0 amide bonds. The largest absolute Gasteiger partial charge is 0.371 e. The average Bonchev–Trinajstić information content (AvgIpc) is 2.68. The van der Waals surface area contributed by atoms with Gasteiger partial charge < -0.3 is 15.8 Å². The average molecular weight is 338 g/mol. The van der Waals surface area contributed by atoms with E-state index in [0.717, 1.165) is 31.7 Å². The summed E-state index contributed by atoms with van der Waals surface area (Å²) in [5.74, 6) is 0.0695. The number of hydrogen-bond acceptors (Lipinski definition) is 4. The fraction of sp³-hybridized carbons (Fsp3) is 0.381. The topological polar surface area (TPSA) is 64.4 Å². The molecule has 0 aliphatic carbocycles. The maximum atomic E-state index is 11.8. The number of nitrogens with two attached hydrogens (primary N) is 1. The van der Waals surface area contributed by atoms with Crippen LogP contribution in [0.5, 0.6) is 0 Å². The van der Waals surface area contributed by atoms with Crippen LogP contribution in [0.15, 0.2) is 48.5 Å². The first-order valence-corrected chi connectivity index (χ1v) is 8.96. The highest BCUT2D eigenvalue weighted by atomic mass is 16.5. The van der Waals surface area contributed by atoms with Crippen LogP contribution in [0.4, 0.5) is 0 Å². The van der Waals surface area contributed by atoms with Crippen molar-refractivity contribution in [1.82, 2.24) is 5.32 Å². The molecule has 0 bridgehead atoms. The van der Waals surface area contributed by atoms with E-state index in [0.29, 0.717) is 6.42 Å². The van der Waals surface area contributed by atoms with Crippen LogP contribution in [-0.4, -0.2) is 25.5 Å². The Morgan fingerprint density at radius 3 is 2.68 bits per heavy atom. The zero-order chi connectivity index (χ0) is 17.6. The van der Waals surface area contributed by atoms with Crippen molar-refractivity contribution in [2.45, 2.75) is 31.9 Å². The van der Waals surface area contributed by atoms with E-state index in [-0.39, 0.29) is 11.9 Å². The van der Waals surface area contributed by atoms with Crippen molar-refractivity contribution in [3.05, 3.63) is 70.8 Å². The summed E-state index contributed by atoms with van der Waals surface area (Å²) in [5.41, 5.74) is 10.6. The zero-order valence-corrected chi connectivity index (χ0v) is 14.7. The SMILES string of the molecule is CCC(=O)C(N)c1ccc(Cc2ccccc2C2CNCCO2)cc1. The van der Waals surface area contributed by atoms with Crippen molar-refractivity contribution >= 4 is 5.78 Å². The molecule has 132 valence electrons. The van der Waals surface area contributed by atoms with E-state index < -0.39 is 6.04 Å². The van der Waals surface area contributed by atoms with Crippen molar-refractivity contribution in [1.29, 1.82) is 0 Å². The molecule has 4 heteroatoms. The van der Waals surface area contributed by atoms with Crippen LogP contribution in [0.25, 0.3) is 0 Å². The second-order valence-corrected chi connectivity index (χ2v) is 6.48. The number of nitrogens with one attached hydrogen (secondary N) is 1. The van der Waals surface area contributed by atoms with Crippen LogP contribution in [0, 0.1) is 0 Å². The van der Waals surface area contributed by atoms with Crippen molar-refractivity contribution in [2.24, 2.45) is 5.73 Å². The summed E-state index contributed by atoms with van der Waals surface area (Å²) >= 11 is 0. The van der Waals surface area contributed by atoms with E-state index in [4.69, 9.17) is 10.5 Å². The summed E-state index contributed by atoms with van der Waals surface area (Å²) in [4.78, 5) is 11.8. The standard InChI is InChI=1S/C21H26N2O2/c1-2-19(24)21(22)16-9-7-15(8-10-16)13-17-5-3-4-6-18(17)20-14-23-11-12-25-20/h3-10,20-21,23H,2,11-14,22H2,1H3. The molecule has 3 N–H and O–H groups in total. The molecule has 2 atom stereocenters. The number of carbonyl (C=O) groups excluding carboxylic acids is 1. The van der Waals surface area contributed by atoms with Crippen molar-refractivity contribution in [3.8, 4) is 0 Å². The van der Waals surface area contributed by atoms with Gasteiger partial charge >= 0.3 is 0 Å². The van der Waals surface area contributed by atoms with Crippen LogP contribution in [0.3, 0.4) is 0 Å². The molecular weight excluding hydrogens is 312 g/mol. The number of ether oxygens (including phenoxy) is 1. The minimum Gasteiger partial charge on any atom is -0.371 e. The van der Waals surface area contributed by atoms with Crippen LogP contribution in [0.1, 0.15) is 47.7 Å². The summed E-state index contributed by atoms with van der Waals surface area (Å²) in [5, 5.41) is 3.39. The van der Waals surface area contributed by atoms with Gasteiger partial charge in [0, 0.05) is 19.5 Å². The van der Waals surface area contributed by atoms with E-state index in [1.165, 1.54) is 16.7 Å². The van der Waals surface area contributed by atoms with Gasteiger partial charge in [0.25, 0.3) is 0 Å². The van der Waals surface area contributed by atoms with Crippen LogP contribution >= 0.6 is 0 Å². The van der Waals surface area contributed by atoms with Gasteiger partial charge in [-0.25, -0.2) is 0 Å². The molecule has 4 nitrogen and oxygen atoms in total. The lowest BCUT2D eigenvalue weighted by molar-refractivity contribution is -0.120. The molecule has 2 aromatic rings. The van der Waals surface area contributed by atoms with Crippen molar-refractivity contribution in [2.75, 3.05) is 19.7 Å². The normalized spacial score (nSPS) is 18.7. The highest BCUT2D eigenvalue weighted by Crippen LogP contribution is 2.25. The first-order chi connectivity index (χ1) is 12.2. The summed E-state index contributed by atoms with van der Waals surface area (Å²) in [7, 11) is 0. The number of morpholine rings is 1. The molecule has 0 spiro atoms. The third-order valence-corrected chi connectivity index (χ3v) is 4.76. The Morgan fingerprint density at radius 1 is 1.24 bits per heavy atom. The molecule has 0 aromatic heterocycles. The maximum absolute atomic E-state index is 11.8. The van der Waals surface area contributed by atoms with Gasteiger partial charge in [-0.2, -0.15) is 0 Å². The van der Waals surface area contributed by atoms with Gasteiger partial charge in [-0.3, -0.25) is 4.79 Å². The third-order valence-electron chi connectivity index (χ3n) is 4.76. The predicted molar refractivity (Wildman–Crippen MR) is 99.5 cm³/mol. The number of rotatable bonds is 6. The Labute approximate surface area is 149 Å². The van der Waals surface area contributed by atoms with Crippen molar-refractivity contribution < 1.29 is 9.53 Å². The minimum absolute atomic E-state index is 0.0695. The molecule has 0 radical (unpaired) electrons. The Hall–Kier alpha value is -2.01. The van der Waals surface area contributed by atoms with Gasteiger partial charge in [0.05, 0.1) is 18.8 Å². The van der Waals surface area contributed by atoms with Gasteiger partial charge in [-0.1, -0.05) is 55.5 Å². The number of carbonyl (C=O) groups is 1. The number of benzene rings is 2. The van der Waals surface area contributed by atoms with E-state index >= 15 is 0 Å². The van der Waals surface area contributed by atoms with Crippen LogP contribution < -0.4 is 11.1 Å². The number of Topliss-reactive ketones (excluding diaryl/α,β-unsaturated/α-hetero) is 1. The lowest BCUT2D eigenvalue weighted by Crippen LogP contribution is -2.33. The van der Waals surface area contributed by atoms with Gasteiger partial charge in [0.15, 0.2) is 5.78 Å². The van der Waals surface area contributed by atoms with Crippen LogP contribution in [0.2, 0.25) is 0 Å². The Balaban J connectivity index is 1.75. The summed E-state index contributed by atoms with van der Waals surface area (Å²) in [6.07, 6.45) is 1.42. The van der Waals surface area contributed by atoms with Gasteiger partial charge in [0.1, 0.15) is 0 Å².